The van der Waals surface area contributed by atoms with Crippen LogP contribution in [0.5, 0.6) is 0 Å². The Balaban J connectivity index is 2.90. The van der Waals surface area contributed by atoms with Crippen molar-refractivity contribution >= 4 is 33.0 Å². The minimum Gasteiger partial charge on any atom is -0.294 e. The molecule has 60 valence electrons. The largest absolute Gasteiger partial charge is 0.294 e. The topological polar surface area (TPSA) is 30.0 Å². The van der Waals surface area contributed by atoms with Crippen LogP contribution in [0.25, 0.3) is 0 Å². The third-order valence-corrected chi connectivity index (χ3v) is 3.23. The summed E-state index contributed by atoms with van der Waals surface area (Å²) in [5.41, 5.74) is 0. The van der Waals surface area contributed by atoms with Crippen LogP contribution in [0.2, 0.25) is 0 Å². The fraction of sp³-hybridized carbons (Fsp3) is 0.429. The molecule has 0 amide bonds. The monoisotopic (exact) mass is 233 g/mol. The lowest BCUT2D eigenvalue weighted by Gasteiger charge is -1.92. The van der Waals surface area contributed by atoms with Gasteiger partial charge in [0.15, 0.2) is 5.78 Å². The molecule has 1 aromatic heterocycles. The van der Waals surface area contributed by atoms with Gasteiger partial charge < -0.3 is 0 Å². The smallest absolute Gasteiger partial charge is 0.171 e. The van der Waals surface area contributed by atoms with Gasteiger partial charge >= 0.3 is 0 Å². The Kier molecular flexibility index (Phi) is 2.78. The van der Waals surface area contributed by atoms with E-state index in [4.69, 9.17) is 0 Å². The van der Waals surface area contributed by atoms with Crippen molar-refractivity contribution < 1.29 is 4.79 Å². The Hall–Kier alpha value is -0.220. The van der Waals surface area contributed by atoms with E-state index in [0.717, 1.165) is 9.88 Å². The van der Waals surface area contributed by atoms with Gasteiger partial charge in [-0.15, -0.1) is 11.3 Å². The summed E-state index contributed by atoms with van der Waals surface area (Å²) in [7, 11) is 0. The van der Waals surface area contributed by atoms with Gasteiger partial charge in [-0.3, -0.25) is 4.79 Å². The number of hydrogen-bond acceptors (Lipinski definition) is 3. The first kappa shape index (κ1) is 8.87. The highest BCUT2D eigenvalue weighted by molar-refractivity contribution is 9.09. The molecule has 2 nitrogen and oxygen atoms in total. The molecular weight excluding hydrogens is 226 g/mol. The second-order valence-electron chi connectivity index (χ2n) is 2.23. The SMILES string of the molecule is CC(=O)c1cnc(C(C)Br)s1. The summed E-state index contributed by atoms with van der Waals surface area (Å²) in [5, 5.41) is 0.954. The third-order valence-electron chi connectivity index (χ3n) is 1.21. The van der Waals surface area contributed by atoms with Crippen LogP contribution in [-0.4, -0.2) is 10.8 Å². The van der Waals surface area contributed by atoms with E-state index >= 15 is 0 Å². The molecule has 0 spiro atoms. The van der Waals surface area contributed by atoms with Gasteiger partial charge in [-0.1, -0.05) is 15.9 Å². The number of thiazole rings is 1. The van der Waals surface area contributed by atoms with Gasteiger partial charge in [-0.05, 0) is 6.92 Å². The number of carbonyl (C=O) groups is 1. The number of carbonyl (C=O) groups excluding carboxylic acids is 1. The van der Waals surface area contributed by atoms with Gasteiger partial charge in [0.05, 0.1) is 9.70 Å². The van der Waals surface area contributed by atoms with Crippen molar-refractivity contribution in [2.24, 2.45) is 0 Å². The fourth-order valence-electron chi connectivity index (χ4n) is 0.634. The summed E-state index contributed by atoms with van der Waals surface area (Å²) < 4.78 is 0. The standard InChI is InChI=1S/C7H8BrNOS/c1-4(8)7-9-3-6(11-7)5(2)10/h3-4H,1-2H3. The number of nitrogens with zero attached hydrogens (tertiary/aromatic N) is 1. The van der Waals surface area contributed by atoms with Crippen molar-refractivity contribution in [1.82, 2.24) is 4.98 Å². The Morgan fingerprint density at radius 2 is 2.45 bits per heavy atom. The van der Waals surface area contributed by atoms with Gasteiger partial charge in [0.2, 0.25) is 0 Å². The van der Waals surface area contributed by atoms with Gasteiger partial charge in [0, 0.05) is 13.1 Å². The molecule has 0 radical (unpaired) electrons. The zero-order chi connectivity index (χ0) is 8.43. The Morgan fingerprint density at radius 3 is 2.73 bits per heavy atom. The third kappa shape index (κ3) is 2.10. The lowest BCUT2D eigenvalue weighted by molar-refractivity contribution is 0.102. The normalized spacial score (nSPS) is 13.0. The van der Waals surface area contributed by atoms with E-state index in [2.05, 4.69) is 20.9 Å². The molecule has 1 rings (SSSR count). The molecular formula is C7H8BrNOS. The highest BCUT2D eigenvalue weighted by atomic mass is 79.9. The van der Waals surface area contributed by atoms with Crippen molar-refractivity contribution in [3.63, 3.8) is 0 Å². The Bertz CT molecular complexity index is 269. The quantitative estimate of drug-likeness (QED) is 0.581. The minimum absolute atomic E-state index is 0.0851. The molecule has 0 aromatic carbocycles. The molecule has 0 aliphatic heterocycles. The summed E-state index contributed by atoms with van der Waals surface area (Å²) in [6.07, 6.45) is 1.63. The summed E-state index contributed by atoms with van der Waals surface area (Å²) in [6.45, 7) is 3.54. The molecule has 0 bridgehead atoms. The zero-order valence-electron chi connectivity index (χ0n) is 6.30. The maximum Gasteiger partial charge on any atom is 0.171 e. The molecule has 0 aliphatic carbocycles. The highest BCUT2D eigenvalue weighted by Gasteiger charge is 2.08. The molecule has 0 fully saturated rings. The number of Topliss-reactive ketones (excluding diaryl/α,β-unsaturated/α-hetero) is 1. The number of alkyl halides is 1. The van der Waals surface area contributed by atoms with E-state index in [0.29, 0.717) is 0 Å². The number of hydrogen-bond donors (Lipinski definition) is 0. The molecule has 1 aromatic rings. The summed E-state index contributed by atoms with van der Waals surface area (Å²) >= 11 is 4.82. The molecule has 1 unspecified atom stereocenters. The van der Waals surface area contributed by atoms with Crippen LogP contribution in [0, 0.1) is 0 Å². The van der Waals surface area contributed by atoms with Crippen LogP contribution in [0.15, 0.2) is 6.20 Å². The Morgan fingerprint density at radius 1 is 1.82 bits per heavy atom. The highest BCUT2D eigenvalue weighted by Crippen LogP contribution is 2.26. The lowest BCUT2D eigenvalue weighted by atomic mass is 10.4. The van der Waals surface area contributed by atoms with Crippen molar-refractivity contribution in [2.75, 3.05) is 0 Å². The van der Waals surface area contributed by atoms with E-state index < -0.39 is 0 Å². The van der Waals surface area contributed by atoms with Gasteiger partial charge in [0.25, 0.3) is 0 Å². The maximum absolute atomic E-state index is 10.8. The second-order valence-corrected chi connectivity index (χ2v) is 4.67. The number of halogens is 1. The number of ketones is 1. The van der Waals surface area contributed by atoms with Crippen LogP contribution in [0.1, 0.15) is 33.4 Å². The number of rotatable bonds is 2. The second kappa shape index (κ2) is 3.45. The van der Waals surface area contributed by atoms with Gasteiger partial charge in [0.1, 0.15) is 5.01 Å². The van der Waals surface area contributed by atoms with Crippen molar-refractivity contribution in [3.05, 3.63) is 16.1 Å². The Labute approximate surface area is 77.8 Å². The number of aromatic nitrogens is 1. The maximum atomic E-state index is 10.8. The van der Waals surface area contributed by atoms with Crippen LogP contribution in [-0.2, 0) is 0 Å². The molecule has 4 heteroatoms. The molecule has 0 N–H and O–H groups in total. The van der Waals surface area contributed by atoms with E-state index in [1.807, 2.05) is 6.92 Å². The van der Waals surface area contributed by atoms with E-state index in [1.54, 1.807) is 13.1 Å². The summed E-state index contributed by atoms with van der Waals surface area (Å²) in [6, 6.07) is 0. The molecule has 11 heavy (non-hydrogen) atoms. The van der Waals surface area contributed by atoms with Crippen molar-refractivity contribution in [2.45, 2.75) is 18.7 Å². The van der Waals surface area contributed by atoms with Crippen LogP contribution < -0.4 is 0 Å². The molecule has 1 atom stereocenters. The molecule has 0 aliphatic rings. The predicted octanol–water partition coefficient (Wildman–Crippen LogP) is 2.80. The fourth-order valence-corrected chi connectivity index (χ4v) is 1.78. The molecule has 0 saturated heterocycles. The first-order valence-electron chi connectivity index (χ1n) is 3.22. The van der Waals surface area contributed by atoms with Crippen LogP contribution in [0.3, 0.4) is 0 Å². The summed E-state index contributed by atoms with van der Waals surface area (Å²) in [4.78, 5) is 15.9. The van der Waals surface area contributed by atoms with E-state index in [9.17, 15) is 4.79 Å². The summed E-state index contributed by atoms with van der Waals surface area (Å²) in [5.74, 6) is 0.0851. The first-order chi connectivity index (χ1) is 5.11. The van der Waals surface area contributed by atoms with Crippen molar-refractivity contribution in [1.29, 1.82) is 0 Å². The predicted molar refractivity (Wildman–Crippen MR) is 49.5 cm³/mol. The van der Waals surface area contributed by atoms with Crippen LogP contribution in [0.4, 0.5) is 0 Å². The van der Waals surface area contributed by atoms with E-state index in [-0.39, 0.29) is 10.6 Å². The van der Waals surface area contributed by atoms with Gasteiger partial charge in [-0.2, -0.15) is 0 Å². The first-order valence-corrected chi connectivity index (χ1v) is 4.95. The minimum atomic E-state index is 0.0851. The zero-order valence-corrected chi connectivity index (χ0v) is 8.70. The van der Waals surface area contributed by atoms with Crippen molar-refractivity contribution in [3.8, 4) is 0 Å². The van der Waals surface area contributed by atoms with Gasteiger partial charge in [-0.25, -0.2) is 4.98 Å². The van der Waals surface area contributed by atoms with E-state index in [1.165, 1.54) is 11.3 Å². The average molecular weight is 234 g/mol. The average Bonchev–Trinajstić information content (AvgIpc) is 2.33. The van der Waals surface area contributed by atoms with Crippen LogP contribution >= 0.6 is 27.3 Å². The molecule has 1 heterocycles. The molecule has 0 saturated carbocycles. The lowest BCUT2D eigenvalue weighted by Crippen LogP contribution is -1.83.